The molecule has 0 rings (SSSR count). The highest BCUT2D eigenvalue weighted by Gasteiger charge is 2.46. The summed E-state index contributed by atoms with van der Waals surface area (Å²) >= 11 is 0. The van der Waals surface area contributed by atoms with Gasteiger partial charge in [0.1, 0.15) is 0 Å². The van der Waals surface area contributed by atoms with E-state index < -0.39 is 17.4 Å². The number of carbonyl (C=O) groups is 2. The molecular formula is C9H13NO4. The van der Waals surface area contributed by atoms with Gasteiger partial charge in [-0.05, 0) is 6.42 Å². The predicted octanol–water partition coefficient (Wildman–Crippen LogP) is 0.642. The molecule has 0 amide bonds. The van der Waals surface area contributed by atoms with E-state index in [-0.39, 0.29) is 12.8 Å². The van der Waals surface area contributed by atoms with E-state index in [4.69, 9.17) is 5.26 Å². The average molecular weight is 199 g/mol. The van der Waals surface area contributed by atoms with Crippen LogP contribution in [-0.4, -0.2) is 26.2 Å². The van der Waals surface area contributed by atoms with Gasteiger partial charge < -0.3 is 9.47 Å². The summed E-state index contributed by atoms with van der Waals surface area (Å²) in [6, 6.07) is 1.79. The largest absolute Gasteiger partial charge is 0.468 e. The SMILES string of the molecule is CCC(CC#N)(C(=O)OC)C(=O)OC. The molecule has 0 aromatic carbocycles. The number of carbonyl (C=O) groups excluding carboxylic acids is 2. The molecule has 0 radical (unpaired) electrons. The molecule has 0 fully saturated rings. The minimum atomic E-state index is -1.47. The molecule has 14 heavy (non-hydrogen) atoms. The second-order valence-corrected chi connectivity index (χ2v) is 2.75. The number of nitrogens with zero attached hydrogens (tertiary/aromatic N) is 1. The summed E-state index contributed by atoms with van der Waals surface area (Å²) in [6.45, 7) is 1.63. The van der Waals surface area contributed by atoms with Gasteiger partial charge in [-0.1, -0.05) is 6.92 Å². The van der Waals surface area contributed by atoms with Crippen LogP contribution < -0.4 is 0 Å². The Bertz CT molecular complexity index is 250. The van der Waals surface area contributed by atoms with Gasteiger partial charge in [0.15, 0.2) is 5.41 Å². The van der Waals surface area contributed by atoms with Gasteiger partial charge in [-0.15, -0.1) is 0 Å². The summed E-state index contributed by atoms with van der Waals surface area (Å²) in [6.07, 6.45) is -0.0528. The summed E-state index contributed by atoms with van der Waals surface area (Å²) in [4.78, 5) is 22.8. The standard InChI is InChI=1S/C9H13NO4/c1-4-9(5-6-10,7(11)13-2)8(12)14-3/h4-5H2,1-3H3. The fourth-order valence-corrected chi connectivity index (χ4v) is 1.17. The van der Waals surface area contributed by atoms with Crippen LogP contribution in [0.1, 0.15) is 19.8 Å². The Balaban J connectivity index is 5.09. The molecular weight excluding hydrogens is 186 g/mol. The Labute approximate surface area is 82.6 Å². The van der Waals surface area contributed by atoms with Crippen LogP contribution in [0, 0.1) is 16.7 Å². The molecule has 0 aliphatic rings. The Kier molecular flexibility index (Phi) is 4.64. The fourth-order valence-electron chi connectivity index (χ4n) is 1.17. The lowest BCUT2D eigenvalue weighted by molar-refractivity contribution is -0.169. The van der Waals surface area contributed by atoms with Gasteiger partial charge >= 0.3 is 11.9 Å². The first kappa shape index (κ1) is 12.4. The van der Waals surface area contributed by atoms with Crippen LogP contribution in [0.5, 0.6) is 0 Å². The molecule has 0 unspecified atom stereocenters. The van der Waals surface area contributed by atoms with E-state index in [0.29, 0.717) is 0 Å². The lowest BCUT2D eigenvalue weighted by Crippen LogP contribution is -2.40. The number of esters is 2. The first-order valence-electron chi connectivity index (χ1n) is 4.12. The summed E-state index contributed by atoms with van der Waals surface area (Å²) in [5.41, 5.74) is -1.47. The van der Waals surface area contributed by atoms with Crippen LogP contribution in [0.2, 0.25) is 0 Å². The molecule has 0 aliphatic heterocycles. The Morgan fingerprint density at radius 1 is 1.29 bits per heavy atom. The maximum Gasteiger partial charge on any atom is 0.324 e. The van der Waals surface area contributed by atoms with Crippen molar-refractivity contribution < 1.29 is 19.1 Å². The van der Waals surface area contributed by atoms with Crippen molar-refractivity contribution >= 4 is 11.9 Å². The normalized spacial score (nSPS) is 10.1. The zero-order valence-corrected chi connectivity index (χ0v) is 8.49. The van der Waals surface area contributed by atoms with Crippen molar-refractivity contribution in [3.05, 3.63) is 0 Å². The van der Waals surface area contributed by atoms with Crippen molar-refractivity contribution in [3.63, 3.8) is 0 Å². The fraction of sp³-hybridized carbons (Fsp3) is 0.667. The van der Waals surface area contributed by atoms with E-state index in [1.807, 2.05) is 0 Å². The maximum absolute atomic E-state index is 11.4. The molecule has 5 nitrogen and oxygen atoms in total. The van der Waals surface area contributed by atoms with Gasteiger partial charge in [0, 0.05) is 0 Å². The molecule has 0 saturated heterocycles. The van der Waals surface area contributed by atoms with Crippen molar-refractivity contribution in [2.75, 3.05) is 14.2 Å². The number of hydrogen-bond donors (Lipinski definition) is 0. The highest BCUT2D eigenvalue weighted by Crippen LogP contribution is 2.29. The monoisotopic (exact) mass is 199 g/mol. The number of ether oxygens (including phenoxy) is 2. The van der Waals surface area contributed by atoms with E-state index >= 15 is 0 Å². The molecule has 78 valence electrons. The van der Waals surface area contributed by atoms with E-state index in [0.717, 1.165) is 0 Å². The average Bonchev–Trinajstić information content (AvgIpc) is 2.23. The van der Waals surface area contributed by atoms with Crippen LogP contribution in [-0.2, 0) is 19.1 Å². The Hall–Kier alpha value is -1.57. The highest BCUT2D eigenvalue weighted by molar-refractivity contribution is 6.00. The third-order valence-corrected chi connectivity index (χ3v) is 2.14. The van der Waals surface area contributed by atoms with Gasteiger partial charge in [-0.3, -0.25) is 9.59 Å². The minimum Gasteiger partial charge on any atom is -0.468 e. The van der Waals surface area contributed by atoms with Crippen molar-refractivity contribution in [1.29, 1.82) is 5.26 Å². The molecule has 0 atom stereocenters. The number of hydrogen-bond acceptors (Lipinski definition) is 5. The Morgan fingerprint density at radius 3 is 1.93 bits per heavy atom. The first-order valence-corrected chi connectivity index (χ1v) is 4.12. The number of rotatable bonds is 4. The predicted molar refractivity (Wildman–Crippen MR) is 47.0 cm³/mol. The number of nitriles is 1. The van der Waals surface area contributed by atoms with E-state index in [9.17, 15) is 9.59 Å². The third-order valence-electron chi connectivity index (χ3n) is 2.14. The van der Waals surface area contributed by atoms with Crippen LogP contribution >= 0.6 is 0 Å². The summed E-state index contributed by atoms with van der Waals surface area (Å²) in [7, 11) is 2.35. The van der Waals surface area contributed by atoms with Gasteiger partial charge in [0.2, 0.25) is 0 Å². The quantitative estimate of drug-likeness (QED) is 0.490. The van der Waals surface area contributed by atoms with Crippen LogP contribution in [0.25, 0.3) is 0 Å². The summed E-state index contributed by atoms with van der Waals surface area (Å²) in [5, 5.41) is 8.56. The van der Waals surface area contributed by atoms with Gasteiger partial charge in [0.05, 0.1) is 26.7 Å². The molecule has 5 heteroatoms. The van der Waals surface area contributed by atoms with Gasteiger partial charge in [0.25, 0.3) is 0 Å². The number of methoxy groups -OCH3 is 2. The van der Waals surface area contributed by atoms with E-state index in [1.165, 1.54) is 14.2 Å². The molecule has 0 heterocycles. The summed E-state index contributed by atoms with van der Waals surface area (Å²) in [5.74, 6) is -1.46. The van der Waals surface area contributed by atoms with E-state index in [2.05, 4.69) is 9.47 Å². The van der Waals surface area contributed by atoms with Crippen molar-refractivity contribution in [2.45, 2.75) is 19.8 Å². The zero-order chi connectivity index (χ0) is 11.2. The third kappa shape index (κ3) is 2.02. The van der Waals surface area contributed by atoms with E-state index in [1.54, 1.807) is 13.0 Å². The molecule has 0 bridgehead atoms. The molecule has 0 spiro atoms. The van der Waals surface area contributed by atoms with Gasteiger partial charge in [-0.2, -0.15) is 5.26 Å². The van der Waals surface area contributed by atoms with Crippen molar-refractivity contribution in [2.24, 2.45) is 5.41 Å². The lowest BCUT2D eigenvalue weighted by atomic mass is 9.82. The van der Waals surface area contributed by atoms with Gasteiger partial charge in [-0.25, -0.2) is 0 Å². The van der Waals surface area contributed by atoms with Crippen LogP contribution in [0.4, 0.5) is 0 Å². The highest BCUT2D eigenvalue weighted by atomic mass is 16.5. The minimum absolute atomic E-state index is 0.180. The molecule has 0 aliphatic carbocycles. The topological polar surface area (TPSA) is 76.4 Å². The smallest absolute Gasteiger partial charge is 0.324 e. The van der Waals surface area contributed by atoms with Crippen molar-refractivity contribution in [1.82, 2.24) is 0 Å². The lowest BCUT2D eigenvalue weighted by Gasteiger charge is -2.23. The van der Waals surface area contributed by atoms with Crippen LogP contribution in [0.15, 0.2) is 0 Å². The molecule has 0 saturated carbocycles. The molecule has 0 N–H and O–H groups in total. The van der Waals surface area contributed by atoms with Crippen molar-refractivity contribution in [3.8, 4) is 6.07 Å². The molecule has 0 aromatic rings. The van der Waals surface area contributed by atoms with Crippen LogP contribution in [0.3, 0.4) is 0 Å². The second kappa shape index (κ2) is 5.22. The second-order valence-electron chi connectivity index (χ2n) is 2.75. The molecule has 0 aromatic heterocycles. The Morgan fingerprint density at radius 2 is 1.71 bits per heavy atom. The zero-order valence-electron chi connectivity index (χ0n) is 8.49. The first-order chi connectivity index (χ1) is 6.58. The summed E-state index contributed by atoms with van der Waals surface area (Å²) < 4.78 is 8.98. The maximum atomic E-state index is 11.4.